The van der Waals surface area contributed by atoms with Gasteiger partial charge in [0.25, 0.3) is 0 Å². The maximum atomic E-state index is 13.7. The van der Waals surface area contributed by atoms with Gasteiger partial charge in [-0.05, 0) is 30.3 Å². The molecule has 1 aliphatic rings. The molecule has 0 heterocycles. The minimum atomic E-state index is -0.914. The molecule has 0 amide bonds. The Kier molecular flexibility index (Phi) is 2.25. The fourth-order valence-electron chi connectivity index (χ4n) is 2.21. The number of fused-ring (bicyclic) bond motifs is 2. The number of nitrogens with two attached hydrogens (primary N) is 1. The molecule has 0 unspecified atom stereocenters. The first-order valence-corrected chi connectivity index (χ1v) is 5.47. The van der Waals surface area contributed by atoms with E-state index in [1.807, 2.05) is 0 Å². The molecule has 2 aromatic carbocycles. The Hall–Kier alpha value is -2.56. The van der Waals surface area contributed by atoms with Gasteiger partial charge in [-0.2, -0.15) is 0 Å². The second kappa shape index (κ2) is 3.71. The van der Waals surface area contributed by atoms with E-state index in [2.05, 4.69) is 0 Å². The smallest absolute Gasteiger partial charge is 0.197 e. The van der Waals surface area contributed by atoms with Crippen molar-refractivity contribution in [3.8, 4) is 0 Å². The van der Waals surface area contributed by atoms with E-state index >= 15 is 0 Å². The Balaban J connectivity index is 2.39. The highest BCUT2D eigenvalue weighted by Gasteiger charge is 2.34. The number of hydrogen-bond donors (Lipinski definition) is 1. The van der Waals surface area contributed by atoms with Crippen molar-refractivity contribution in [2.24, 2.45) is 0 Å². The summed E-state index contributed by atoms with van der Waals surface area (Å²) in [5.41, 5.74) is 4.83. The molecular weight excluding hydrogens is 252 g/mol. The molecule has 2 N–H and O–H groups in total. The minimum absolute atomic E-state index is 0.00185. The van der Waals surface area contributed by atoms with Crippen LogP contribution < -0.4 is 5.73 Å². The molecule has 2 aromatic rings. The molecule has 0 saturated heterocycles. The van der Waals surface area contributed by atoms with Gasteiger partial charge in [0.2, 0.25) is 0 Å². The van der Waals surface area contributed by atoms with Crippen LogP contribution >= 0.6 is 0 Å². The average molecular weight is 259 g/mol. The third kappa shape index (κ3) is 1.48. The monoisotopic (exact) mass is 259 g/mol. The van der Waals surface area contributed by atoms with Crippen molar-refractivity contribution in [3.05, 3.63) is 64.2 Å². The lowest BCUT2D eigenvalue weighted by atomic mass is 9.83. The molecule has 0 aliphatic heterocycles. The van der Waals surface area contributed by atoms with Crippen molar-refractivity contribution >= 4 is 17.3 Å². The van der Waals surface area contributed by atoms with Crippen molar-refractivity contribution in [2.75, 3.05) is 5.73 Å². The van der Waals surface area contributed by atoms with Gasteiger partial charge in [0.1, 0.15) is 11.6 Å². The average Bonchev–Trinajstić information content (AvgIpc) is 2.38. The summed E-state index contributed by atoms with van der Waals surface area (Å²) in [4.78, 5) is 24.3. The Morgan fingerprint density at radius 3 is 1.89 bits per heavy atom. The fraction of sp³-hybridized carbons (Fsp3) is 0. The predicted molar refractivity (Wildman–Crippen MR) is 64.1 cm³/mol. The Morgan fingerprint density at radius 1 is 0.789 bits per heavy atom. The molecule has 5 heteroatoms. The zero-order valence-corrected chi connectivity index (χ0v) is 9.54. The molecule has 0 spiro atoms. The van der Waals surface area contributed by atoms with E-state index in [9.17, 15) is 18.4 Å². The molecule has 0 atom stereocenters. The fourth-order valence-corrected chi connectivity index (χ4v) is 2.21. The van der Waals surface area contributed by atoms with Crippen LogP contribution in [0.5, 0.6) is 0 Å². The van der Waals surface area contributed by atoms with Gasteiger partial charge in [0, 0.05) is 16.8 Å². The summed E-state index contributed by atoms with van der Waals surface area (Å²) in [5, 5.41) is 0. The van der Waals surface area contributed by atoms with E-state index in [0.717, 1.165) is 12.1 Å². The Bertz CT molecular complexity index is 753. The number of hydrogen-bond acceptors (Lipinski definition) is 3. The van der Waals surface area contributed by atoms with E-state index < -0.39 is 34.3 Å². The normalized spacial score (nSPS) is 13.2. The number of carbonyl (C=O) groups is 2. The number of benzene rings is 2. The van der Waals surface area contributed by atoms with Crippen molar-refractivity contribution in [1.29, 1.82) is 0 Å². The molecule has 0 aromatic heterocycles. The van der Waals surface area contributed by atoms with Gasteiger partial charge in [-0.3, -0.25) is 9.59 Å². The number of anilines is 1. The number of halogens is 2. The van der Waals surface area contributed by atoms with E-state index in [-0.39, 0.29) is 16.8 Å². The predicted octanol–water partition coefficient (Wildman–Crippen LogP) is 2.32. The zero-order chi connectivity index (χ0) is 13.7. The van der Waals surface area contributed by atoms with Gasteiger partial charge >= 0.3 is 0 Å². The number of ketones is 2. The van der Waals surface area contributed by atoms with Gasteiger partial charge in [0.05, 0.1) is 11.1 Å². The summed E-state index contributed by atoms with van der Waals surface area (Å²) in [6.45, 7) is 0. The van der Waals surface area contributed by atoms with Crippen LogP contribution in [0.1, 0.15) is 31.8 Å². The van der Waals surface area contributed by atoms with E-state index in [0.29, 0.717) is 0 Å². The molecular formula is C14H7F2NO2. The van der Waals surface area contributed by atoms with Crippen molar-refractivity contribution in [3.63, 3.8) is 0 Å². The SMILES string of the molecule is Nc1ccc2c(c1)C(=O)c1c(F)ccc(F)c1C2=O. The number of nitrogen functional groups attached to an aromatic ring is 1. The summed E-state index contributed by atoms with van der Waals surface area (Å²) in [7, 11) is 0. The maximum Gasteiger partial charge on any atom is 0.197 e. The van der Waals surface area contributed by atoms with Crippen LogP contribution in [-0.4, -0.2) is 11.6 Å². The lowest BCUT2D eigenvalue weighted by Gasteiger charge is -2.18. The van der Waals surface area contributed by atoms with Crippen molar-refractivity contribution in [1.82, 2.24) is 0 Å². The van der Waals surface area contributed by atoms with E-state index in [1.54, 1.807) is 0 Å². The van der Waals surface area contributed by atoms with Crippen LogP contribution in [0.2, 0.25) is 0 Å². The topological polar surface area (TPSA) is 60.2 Å². The first-order chi connectivity index (χ1) is 9.00. The van der Waals surface area contributed by atoms with E-state index in [4.69, 9.17) is 5.73 Å². The van der Waals surface area contributed by atoms with Gasteiger partial charge in [0.15, 0.2) is 11.6 Å². The first-order valence-electron chi connectivity index (χ1n) is 5.47. The highest BCUT2D eigenvalue weighted by molar-refractivity contribution is 6.28. The summed E-state index contributed by atoms with van der Waals surface area (Å²) in [6, 6.07) is 5.74. The van der Waals surface area contributed by atoms with Crippen LogP contribution in [0.15, 0.2) is 30.3 Å². The summed E-state index contributed by atoms with van der Waals surface area (Å²) >= 11 is 0. The lowest BCUT2D eigenvalue weighted by molar-refractivity contribution is 0.0972. The Morgan fingerprint density at radius 2 is 1.32 bits per heavy atom. The standard InChI is InChI=1S/C14H7F2NO2/c15-9-3-4-10(16)12-11(9)13(18)7-2-1-6(17)5-8(7)14(12)19/h1-5H,17H2. The molecule has 0 bridgehead atoms. The zero-order valence-electron chi connectivity index (χ0n) is 9.54. The third-order valence-corrected chi connectivity index (χ3v) is 3.09. The van der Waals surface area contributed by atoms with Crippen LogP contribution in [0.4, 0.5) is 14.5 Å². The molecule has 0 radical (unpaired) electrons. The minimum Gasteiger partial charge on any atom is -0.399 e. The quantitative estimate of drug-likeness (QED) is 0.630. The largest absolute Gasteiger partial charge is 0.399 e. The summed E-state index contributed by atoms with van der Waals surface area (Å²) in [5.74, 6) is -3.25. The highest BCUT2D eigenvalue weighted by atomic mass is 19.1. The maximum absolute atomic E-state index is 13.7. The van der Waals surface area contributed by atoms with Gasteiger partial charge in [-0.25, -0.2) is 8.78 Å². The molecule has 0 fully saturated rings. The first kappa shape index (κ1) is 11.5. The van der Waals surface area contributed by atoms with Crippen LogP contribution in [-0.2, 0) is 0 Å². The third-order valence-electron chi connectivity index (χ3n) is 3.09. The summed E-state index contributed by atoms with van der Waals surface area (Å²) in [6.07, 6.45) is 0. The molecule has 3 rings (SSSR count). The second-order valence-corrected chi connectivity index (χ2v) is 4.24. The highest BCUT2D eigenvalue weighted by Crippen LogP contribution is 2.31. The lowest BCUT2D eigenvalue weighted by Crippen LogP contribution is -2.24. The number of rotatable bonds is 0. The van der Waals surface area contributed by atoms with Crippen LogP contribution in [0, 0.1) is 11.6 Å². The van der Waals surface area contributed by atoms with Crippen molar-refractivity contribution in [2.45, 2.75) is 0 Å². The van der Waals surface area contributed by atoms with Gasteiger partial charge in [-0.1, -0.05) is 0 Å². The molecule has 94 valence electrons. The van der Waals surface area contributed by atoms with Crippen LogP contribution in [0.3, 0.4) is 0 Å². The summed E-state index contributed by atoms with van der Waals surface area (Å²) < 4.78 is 27.4. The van der Waals surface area contributed by atoms with Crippen LogP contribution in [0.25, 0.3) is 0 Å². The van der Waals surface area contributed by atoms with E-state index in [1.165, 1.54) is 18.2 Å². The number of carbonyl (C=O) groups excluding carboxylic acids is 2. The van der Waals surface area contributed by atoms with Gasteiger partial charge < -0.3 is 5.73 Å². The van der Waals surface area contributed by atoms with Gasteiger partial charge in [-0.15, -0.1) is 0 Å². The molecule has 0 saturated carbocycles. The Labute approximate surface area is 106 Å². The second-order valence-electron chi connectivity index (χ2n) is 4.24. The molecule has 19 heavy (non-hydrogen) atoms. The molecule has 3 nitrogen and oxygen atoms in total. The van der Waals surface area contributed by atoms with Crippen molar-refractivity contribution < 1.29 is 18.4 Å². The molecule has 1 aliphatic carbocycles.